The maximum atomic E-state index is 12.1. The van der Waals surface area contributed by atoms with Crippen molar-refractivity contribution in [3.63, 3.8) is 0 Å². The highest BCUT2D eigenvalue weighted by Gasteiger charge is 2.27. The highest BCUT2D eigenvalue weighted by atomic mass is 16.5. The molecular formula is C20H18N4O4. The van der Waals surface area contributed by atoms with Crippen molar-refractivity contribution < 1.29 is 19.1 Å². The zero-order valence-electron chi connectivity index (χ0n) is 15.1. The van der Waals surface area contributed by atoms with Gasteiger partial charge in [0.25, 0.3) is 5.91 Å². The summed E-state index contributed by atoms with van der Waals surface area (Å²) in [7, 11) is 0. The highest BCUT2D eigenvalue weighted by molar-refractivity contribution is 5.98. The lowest BCUT2D eigenvalue weighted by Gasteiger charge is -2.13. The predicted octanol–water partition coefficient (Wildman–Crippen LogP) is 1.79. The molecule has 3 aromatic rings. The number of ether oxygens (including phenoxy) is 1. The summed E-state index contributed by atoms with van der Waals surface area (Å²) in [6, 6.07) is 14.6. The van der Waals surface area contributed by atoms with Crippen molar-refractivity contribution in [3.05, 3.63) is 59.7 Å². The summed E-state index contributed by atoms with van der Waals surface area (Å²) >= 11 is 0. The molecule has 1 fully saturated rings. The molecule has 2 amide bonds. The fraction of sp³-hybridized carbons (Fsp3) is 0.250. The Kier molecular flexibility index (Phi) is 4.84. The fourth-order valence-electron chi connectivity index (χ4n) is 3.15. The average molecular weight is 378 g/mol. The fourth-order valence-corrected chi connectivity index (χ4v) is 3.15. The summed E-state index contributed by atoms with van der Waals surface area (Å²) < 4.78 is 6.83. The molecule has 8 heteroatoms. The topological polar surface area (TPSA) is 94.4 Å². The molecule has 1 aliphatic heterocycles. The summed E-state index contributed by atoms with van der Waals surface area (Å²) in [6.45, 7) is 0.476. The van der Waals surface area contributed by atoms with Crippen LogP contribution in [0.1, 0.15) is 28.8 Å². The van der Waals surface area contributed by atoms with E-state index in [1.54, 1.807) is 28.9 Å². The monoisotopic (exact) mass is 378 g/mol. The molecule has 0 spiro atoms. The number of imide groups is 1. The standard InChI is InChI=1S/C20H18N4O4/c25-18-6-3-11-23(18)19(26)13-28-20(27)15-9-7-14(8-10-15)12-24-17-5-2-1-4-16(17)21-22-24/h1-2,4-5,7-10H,3,6,11-13H2. The Morgan fingerprint density at radius 2 is 1.86 bits per heavy atom. The molecule has 8 nitrogen and oxygen atoms in total. The van der Waals surface area contributed by atoms with Gasteiger partial charge in [-0.15, -0.1) is 5.10 Å². The zero-order chi connectivity index (χ0) is 19.5. The van der Waals surface area contributed by atoms with Crippen LogP contribution in [0.5, 0.6) is 0 Å². The van der Waals surface area contributed by atoms with Crippen LogP contribution in [-0.2, 0) is 20.9 Å². The summed E-state index contributed by atoms with van der Waals surface area (Å²) in [6.07, 6.45) is 1.02. The van der Waals surface area contributed by atoms with Gasteiger partial charge in [-0.05, 0) is 36.2 Å². The van der Waals surface area contributed by atoms with Crippen molar-refractivity contribution in [2.24, 2.45) is 0 Å². The summed E-state index contributed by atoms with van der Waals surface area (Å²) in [4.78, 5) is 36.8. The van der Waals surface area contributed by atoms with Gasteiger partial charge in [0.15, 0.2) is 6.61 Å². The van der Waals surface area contributed by atoms with Gasteiger partial charge in [-0.2, -0.15) is 0 Å². The zero-order valence-corrected chi connectivity index (χ0v) is 15.1. The Bertz CT molecular complexity index is 1040. The lowest BCUT2D eigenvalue weighted by atomic mass is 10.1. The number of amides is 2. The Balaban J connectivity index is 1.36. The third-order valence-corrected chi connectivity index (χ3v) is 4.64. The van der Waals surface area contributed by atoms with Gasteiger partial charge in [-0.3, -0.25) is 14.5 Å². The minimum atomic E-state index is -0.599. The van der Waals surface area contributed by atoms with Crippen molar-refractivity contribution in [2.45, 2.75) is 19.4 Å². The van der Waals surface area contributed by atoms with Crippen LogP contribution in [0, 0.1) is 0 Å². The Morgan fingerprint density at radius 3 is 2.61 bits per heavy atom. The van der Waals surface area contributed by atoms with E-state index in [4.69, 9.17) is 4.74 Å². The molecule has 0 N–H and O–H groups in total. The summed E-state index contributed by atoms with van der Waals surface area (Å²) in [5, 5.41) is 8.26. The first-order valence-electron chi connectivity index (χ1n) is 8.99. The van der Waals surface area contributed by atoms with E-state index >= 15 is 0 Å². The van der Waals surface area contributed by atoms with Crippen LogP contribution in [0.25, 0.3) is 11.0 Å². The first-order valence-corrected chi connectivity index (χ1v) is 8.99. The molecule has 0 aliphatic carbocycles. The van der Waals surface area contributed by atoms with Gasteiger partial charge in [0.1, 0.15) is 5.52 Å². The highest BCUT2D eigenvalue weighted by Crippen LogP contribution is 2.14. The molecule has 0 unspecified atom stereocenters. The van der Waals surface area contributed by atoms with Crippen LogP contribution < -0.4 is 0 Å². The first-order chi connectivity index (χ1) is 13.6. The molecule has 0 saturated carbocycles. The first kappa shape index (κ1) is 17.8. The Labute approximate surface area is 160 Å². The number of fused-ring (bicyclic) bond motifs is 1. The second-order valence-electron chi connectivity index (χ2n) is 6.55. The van der Waals surface area contributed by atoms with Gasteiger partial charge >= 0.3 is 5.97 Å². The normalized spacial score (nSPS) is 13.9. The number of esters is 1. The van der Waals surface area contributed by atoms with Crippen LogP contribution in [0.2, 0.25) is 0 Å². The maximum Gasteiger partial charge on any atom is 0.338 e. The largest absolute Gasteiger partial charge is 0.452 e. The molecule has 1 saturated heterocycles. The van der Waals surface area contributed by atoms with Gasteiger partial charge in [-0.1, -0.05) is 29.5 Å². The van der Waals surface area contributed by atoms with Crippen molar-refractivity contribution in [1.82, 2.24) is 19.9 Å². The average Bonchev–Trinajstić information content (AvgIpc) is 3.33. The van der Waals surface area contributed by atoms with E-state index in [1.165, 1.54) is 0 Å². The Morgan fingerprint density at radius 1 is 1.07 bits per heavy atom. The van der Waals surface area contributed by atoms with E-state index in [1.807, 2.05) is 24.3 Å². The number of rotatable bonds is 5. The van der Waals surface area contributed by atoms with Crippen molar-refractivity contribution in [3.8, 4) is 0 Å². The SMILES string of the molecule is O=C(OCC(=O)N1CCCC1=O)c1ccc(Cn2nnc3ccccc32)cc1. The van der Waals surface area contributed by atoms with Gasteiger partial charge in [0, 0.05) is 13.0 Å². The molecule has 0 atom stereocenters. The molecule has 28 heavy (non-hydrogen) atoms. The molecular weight excluding hydrogens is 360 g/mol. The molecule has 142 valence electrons. The molecule has 2 heterocycles. The third-order valence-electron chi connectivity index (χ3n) is 4.64. The minimum Gasteiger partial charge on any atom is -0.452 e. The van der Waals surface area contributed by atoms with Gasteiger partial charge in [0.05, 0.1) is 17.6 Å². The molecule has 1 aliphatic rings. The van der Waals surface area contributed by atoms with Crippen LogP contribution in [0.15, 0.2) is 48.5 Å². The van der Waals surface area contributed by atoms with Gasteiger partial charge in [0.2, 0.25) is 5.91 Å². The number of para-hydroxylation sites is 1. The van der Waals surface area contributed by atoms with Crippen LogP contribution in [0.4, 0.5) is 0 Å². The van der Waals surface area contributed by atoms with E-state index in [9.17, 15) is 14.4 Å². The number of benzene rings is 2. The second-order valence-corrected chi connectivity index (χ2v) is 6.55. The number of aromatic nitrogens is 3. The molecule has 4 rings (SSSR count). The number of likely N-dealkylation sites (tertiary alicyclic amines) is 1. The smallest absolute Gasteiger partial charge is 0.338 e. The number of hydrogen-bond donors (Lipinski definition) is 0. The quantitative estimate of drug-likeness (QED) is 0.628. The minimum absolute atomic E-state index is 0.217. The third kappa shape index (κ3) is 3.62. The maximum absolute atomic E-state index is 12.1. The van der Waals surface area contributed by atoms with E-state index in [-0.39, 0.29) is 5.91 Å². The van der Waals surface area contributed by atoms with Crippen LogP contribution in [0.3, 0.4) is 0 Å². The summed E-state index contributed by atoms with van der Waals surface area (Å²) in [5.41, 5.74) is 3.04. The van der Waals surface area contributed by atoms with E-state index in [0.717, 1.165) is 21.5 Å². The van der Waals surface area contributed by atoms with Gasteiger partial charge in [-0.25, -0.2) is 9.48 Å². The van der Waals surface area contributed by atoms with Crippen molar-refractivity contribution in [1.29, 1.82) is 0 Å². The molecule has 2 aromatic carbocycles. The van der Waals surface area contributed by atoms with E-state index in [2.05, 4.69) is 10.3 Å². The van der Waals surface area contributed by atoms with Crippen LogP contribution >= 0.6 is 0 Å². The van der Waals surface area contributed by atoms with Crippen LogP contribution in [-0.4, -0.2) is 50.8 Å². The van der Waals surface area contributed by atoms with Crippen molar-refractivity contribution >= 4 is 28.8 Å². The van der Waals surface area contributed by atoms with E-state index < -0.39 is 18.5 Å². The molecule has 0 radical (unpaired) electrons. The predicted molar refractivity (Wildman–Crippen MR) is 99.3 cm³/mol. The molecule has 1 aromatic heterocycles. The Hall–Kier alpha value is -3.55. The lowest BCUT2D eigenvalue weighted by molar-refractivity contribution is -0.143. The van der Waals surface area contributed by atoms with Crippen molar-refractivity contribution in [2.75, 3.05) is 13.2 Å². The van der Waals surface area contributed by atoms with Gasteiger partial charge < -0.3 is 4.74 Å². The summed E-state index contributed by atoms with van der Waals surface area (Å²) in [5.74, 6) is -1.30. The number of hydrogen-bond acceptors (Lipinski definition) is 6. The number of carbonyl (C=O) groups excluding carboxylic acids is 3. The lowest BCUT2D eigenvalue weighted by Crippen LogP contribution is -2.35. The number of nitrogens with zero attached hydrogens (tertiary/aromatic N) is 4. The van der Waals surface area contributed by atoms with E-state index in [0.29, 0.717) is 31.5 Å². The second kappa shape index (κ2) is 7.59. The number of carbonyl (C=O) groups is 3. The molecule has 0 bridgehead atoms.